The van der Waals surface area contributed by atoms with Gasteiger partial charge in [0.1, 0.15) is 23.3 Å². The molecule has 1 aromatic heterocycles. The van der Waals surface area contributed by atoms with E-state index in [4.69, 9.17) is 13.9 Å². The van der Waals surface area contributed by atoms with Crippen molar-refractivity contribution in [2.75, 3.05) is 0 Å². The van der Waals surface area contributed by atoms with Gasteiger partial charge >= 0.3 is 5.97 Å². The summed E-state index contributed by atoms with van der Waals surface area (Å²) in [6.45, 7) is 1.35. The van der Waals surface area contributed by atoms with Crippen LogP contribution in [0.5, 0.6) is 17.2 Å². The number of hydrogen-bond donors (Lipinski definition) is 1. The molecule has 0 spiro atoms. The first-order valence-corrected chi connectivity index (χ1v) is 9.27. The highest BCUT2D eigenvalue weighted by molar-refractivity contribution is 5.90. The average molecular weight is 402 g/mol. The van der Waals surface area contributed by atoms with Gasteiger partial charge in [0.15, 0.2) is 16.9 Å². The lowest BCUT2D eigenvalue weighted by molar-refractivity contribution is -0.132. The van der Waals surface area contributed by atoms with E-state index in [1.54, 1.807) is 12.1 Å². The molecule has 6 heteroatoms. The van der Waals surface area contributed by atoms with Crippen molar-refractivity contribution in [2.24, 2.45) is 0 Å². The number of rotatable bonds is 5. The monoisotopic (exact) mass is 402 g/mol. The van der Waals surface area contributed by atoms with Crippen molar-refractivity contribution in [3.63, 3.8) is 0 Å². The summed E-state index contributed by atoms with van der Waals surface area (Å²) in [6, 6.07) is 21.1. The van der Waals surface area contributed by atoms with Crippen LogP contribution < -0.4 is 14.9 Å². The lowest BCUT2D eigenvalue weighted by Gasteiger charge is -2.14. The Hall–Kier alpha value is -4.06. The molecule has 0 atom stereocenters. The van der Waals surface area contributed by atoms with E-state index in [1.807, 2.05) is 48.5 Å². The first-order valence-electron chi connectivity index (χ1n) is 9.27. The number of esters is 1. The highest BCUT2D eigenvalue weighted by Crippen LogP contribution is 2.43. The Labute approximate surface area is 171 Å². The van der Waals surface area contributed by atoms with E-state index in [1.165, 1.54) is 19.1 Å². The van der Waals surface area contributed by atoms with E-state index in [0.717, 1.165) is 5.56 Å². The molecule has 1 N–H and O–H groups in total. The molecule has 1 heterocycles. The maximum absolute atomic E-state index is 12.8. The van der Waals surface area contributed by atoms with Gasteiger partial charge in [0.2, 0.25) is 5.75 Å². The van der Waals surface area contributed by atoms with Gasteiger partial charge in [-0.2, -0.15) is 0 Å². The highest BCUT2D eigenvalue weighted by Gasteiger charge is 2.21. The third-order valence-corrected chi connectivity index (χ3v) is 4.45. The summed E-state index contributed by atoms with van der Waals surface area (Å²) in [4.78, 5) is 24.4. The van der Waals surface area contributed by atoms with Gasteiger partial charge in [0, 0.05) is 24.6 Å². The first kappa shape index (κ1) is 19.3. The minimum Gasteiger partial charge on any atom is -0.504 e. The van der Waals surface area contributed by atoms with E-state index >= 15 is 0 Å². The van der Waals surface area contributed by atoms with Gasteiger partial charge < -0.3 is 19.0 Å². The Kier molecular flexibility index (Phi) is 5.22. The van der Waals surface area contributed by atoms with Crippen LogP contribution in [0.25, 0.3) is 22.3 Å². The molecule has 6 nitrogen and oxygen atoms in total. The van der Waals surface area contributed by atoms with Gasteiger partial charge in [-0.25, -0.2) is 0 Å². The number of phenols is 1. The Morgan fingerprint density at radius 3 is 2.33 bits per heavy atom. The number of phenolic OH excluding ortho intramolecular Hbond substituents is 1. The summed E-state index contributed by atoms with van der Waals surface area (Å²) in [6.07, 6.45) is 0. The molecule has 0 bridgehead atoms. The molecular weight excluding hydrogens is 384 g/mol. The first-order chi connectivity index (χ1) is 14.5. The molecule has 0 aliphatic heterocycles. The molecular formula is C24H18O6. The molecule has 0 radical (unpaired) electrons. The fraction of sp³-hybridized carbons (Fsp3) is 0.0833. The summed E-state index contributed by atoms with van der Waals surface area (Å²) in [7, 11) is 0. The van der Waals surface area contributed by atoms with Crippen LogP contribution in [-0.2, 0) is 11.4 Å². The molecule has 0 saturated carbocycles. The topological polar surface area (TPSA) is 86.0 Å². The number of carbonyl (C=O) groups excluding carboxylic acids is 1. The molecule has 0 saturated heterocycles. The lowest BCUT2D eigenvalue weighted by Crippen LogP contribution is -2.07. The van der Waals surface area contributed by atoms with Crippen LogP contribution in [-0.4, -0.2) is 11.1 Å². The van der Waals surface area contributed by atoms with Gasteiger partial charge in [-0.05, 0) is 5.56 Å². The summed E-state index contributed by atoms with van der Waals surface area (Å²) in [5.41, 5.74) is 1.19. The molecule has 4 aromatic rings. The minimum atomic E-state index is -0.597. The quantitative estimate of drug-likeness (QED) is 0.386. The fourth-order valence-corrected chi connectivity index (χ4v) is 3.11. The van der Waals surface area contributed by atoms with Gasteiger partial charge in [0.05, 0.1) is 0 Å². The zero-order chi connectivity index (χ0) is 21.1. The molecule has 3 aromatic carbocycles. The Balaban J connectivity index is 1.84. The SMILES string of the molecule is CC(=O)Oc1cc2oc(-c3ccccc3)cc(=O)c2c(O)c1OCc1ccccc1. The Morgan fingerprint density at radius 1 is 1.00 bits per heavy atom. The minimum absolute atomic E-state index is 0.0307. The van der Waals surface area contributed by atoms with Crippen molar-refractivity contribution in [2.45, 2.75) is 13.5 Å². The molecule has 150 valence electrons. The zero-order valence-corrected chi connectivity index (χ0v) is 16.1. The molecule has 0 unspecified atom stereocenters. The second-order valence-electron chi connectivity index (χ2n) is 6.63. The van der Waals surface area contributed by atoms with Crippen molar-refractivity contribution in [3.05, 3.63) is 88.6 Å². The number of aromatic hydroxyl groups is 1. The molecule has 0 amide bonds. The van der Waals surface area contributed by atoms with Gasteiger partial charge in [-0.15, -0.1) is 0 Å². The Bertz CT molecular complexity index is 1260. The number of carbonyl (C=O) groups is 1. The Morgan fingerprint density at radius 2 is 1.67 bits per heavy atom. The maximum atomic E-state index is 12.8. The van der Waals surface area contributed by atoms with E-state index in [0.29, 0.717) is 11.3 Å². The van der Waals surface area contributed by atoms with Crippen molar-refractivity contribution in [3.8, 4) is 28.6 Å². The standard InChI is InChI=1S/C24H18O6/c1-15(25)29-21-13-20-22(18(26)12-19(30-20)17-10-6-3-7-11-17)23(27)24(21)28-14-16-8-4-2-5-9-16/h2-13,27H,14H2,1H3. The van der Waals surface area contributed by atoms with Crippen LogP contribution in [0.15, 0.2) is 82.0 Å². The lowest BCUT2D eigenvalue weighted by atomic mass is 10.1. The van der Waals surface area contributed by atoms with Crippen LogP contribution in [0.4, 0.5) is 0 Å². The van der Waals surface area contributed by atoms with Crippen LogP contribution >= 0.6 is 0 Å². The number of fused-ring (bicyclic) bond motifs is 1. The van der Waals surface area contributed by atoms with Crippen LogP contribution in [0.3, 0.4) is 0 Å². The second kappa shape index (κ2) is 8.13. The smallest absolute Gasteiger partial charge is 0.308 e. The summed E-state index contributed by atoms with van der Waals surface area (Å²) < 4.78 is 16.8. The van der Waals surface area contributed by atoms with Gasteiger partial charge in [-0.1, -0.05) is 60.7 Å². The van der Waals surface area contributed by atoms with Crippen molar-refractivity contribution < 1.29 is 23.8 Å². The molecule has 0 fully saturated rings. The number of benzene rings is 3. The zero-order valence-electron chi connectivity index (χ0n) is 16.1. The van der Waals surface area contributed by atoms with Crippen molar-refractivity contribution in [1.82, 2.24) is 0 Å². The van der Waals surface area contributed by atoms with E-state index in [2.05, 4.69) is 0 Å². The molecule has 30 heavy (non-hydrogen) atoms. The van der Waals surface area contributed by atoms with Gasteiger partial charge in [0.25, 0.3) is 0 Å². The predicted octanol–water partition coefficient (Wildman–Crippen LogP) is 4.67. The summed E-state index contributed by atoms with van der Waals surface area (Å²) >= 11 is 0. The molecule has 0 aliphatic carbocycles. The number of ether oxygens (including phenoxy) is 2. The van der Waals surface area contributed by atoms with Gasteiger partial charge in [-0.3, -0.25) is 9.59 Å². The van der Waals surface area contributed by atoms with E-state index in [-0.39, 0.29) is 29.1 Å². The predicted molar refractivity (Wildman–Crippen MR) is 112 cm³/mol. The number of hydrogen-bond acceptors (Lipinski definition) is 6. The van der Waals surface area contributed by atoms with Crippen LogP contribution in [0, 0.1) is 0 Å². The van der Waals surface area contributed by atoms with Crippen LogP contribution in [0.1, 0.15) is 12.5 Å². The average Bonchev–Trinajstić information content (AvgIpc) is 2.74. The highest BCUT2D eigenvalue weighted by atomic mass is 16.6. The van der Waals surface area contributed by atoms with Crippen molar-refractivity contribution >= 4 is 16.9 Å². The van der Waals surface area contributed by atoms with Crippen LogP contribution in [0.2, 0.25) is 0 Å². The van der Waals surface area contributed by atoms with E-state index < -0.39 is 17.1 Å². The maximum Gasteiger partial charge on any atom is 0.308 e. The molecule has 0 aliphatic rings. The largest absolute Gasteiger partial charge is 0.504 e. The van der Waals surface area contributed by atoms with Crippen molar-refractivity contribution in [1.29, 1.82) is 0 Å². The van der Waals surface area contributed by atoms with E-state index in [9.17, 15) is 14.7 Å². The third kappa shape index (κ3) is 3.89. The summed E-state index contributed by atoms with van der Waals surface area (Å²) in [5.74, 6) is -0.828. The molecule has 4 rings (SSSR count). The normalized spacial score (nSPS) is 10.7. The summed E-state index contributed by atoms with van der Waals surface area (Å²) in [5, 5.41) is 10.7. The fourth-order valence-electron chi connectivity index (χ4n) is 3.11. The third-order valence-electron chi connectivity index (χ3n) is 4.45. The second-order valence-corrected chi connectivity index (χ2v) is 6.63.